The Morgan fingerprint density at radius 2 is 1.81 bits per heavy atom. The van der Waals surface area contributed by atoms with Crippen molar-refractivity contribution in [3.05, 3.63) is 77.5 Å². The number of piperazine rings is 1. The van der Waals surface area contributed by atoms with Crippen molar-refractivity contribution < 1.29 is 24.1 Å². The van der Waals surface area contributed by atoms with Crippen LogP contribution in [-0.4, -0.2) is 60.4 Å². The molecule has 36 heavy (non-hydrogen) atoms. The molecule has 8 heteroatoms. The van der Waals surface area contributed by atoms with Crippen molar-refractivity contribution in [2.75, 3.05) is 38.2 Å². The van der Waals surface area contributed by atoms with Crippen LogP contribution < -0.4 is 14.4 Å². The lowest BCUT2D eigenvalue weighted by molar-refractivity contribution is 0.0378. The van der Waals surface area contributed by atoms with E-state index >= 15 is 0 Å². The zero-order chi connectivity index (χ0) is 25.5. The summed E-state index contributed by atoms with van der Waals surface area (Å²) in [5.74, 6) is 1.89. The van der Waals surface area contributed by atoms with Gasteiger partial charge in [0.25, 0.3) is 0 Å². The zero-order valence-electron chi connectivity index (χ0n) is 21.0. The van der Waals surface area contributed by atoms with Crippen LogP contribution >= 0.6 is 0 Å². The van der Waals surface area contributed by atoms with Gasteiger partial charge in [0.15, 0.2) is 0 Å². The molecule has 0 unspecified atom stereocenters. The number of phenolic OH excluding ortho intramolecular Hbond substituents is 1. The summed E-state index contributed by atoms with van der Waals surface area (Å²) in [5, 5.41) is 9.60. The fraction of sp³-hybridized carbons (Fsp3) is 0.357. The standard InChI is InChI=1S/C28H33N3O5/c1-20(2)36-28(33)25-5-4-12-29-27(25)31-15-13-30(14-16-31)18-21-6-10-24(11-7-21)35-19-22-8-9-23(32)17-26(22)34-3/h4-12,17,20,32H,13-16,18-19H2,1-3H3. The molecular weight excluding hydrogens is 458 g/mol. The van der Waals surface area contributed by atoms with Crippen LogP contribution in [0, 0.1) is 0 Å². The molecule has 3 aromatic rings. The van der Waals surface area contributed by atoms with Crippen molar-refractivity contribution in [1.29, 1.82) is 0 Å². The molecule has 1 saturated heterocycles. The lowest BCUT2D eigenvalue weighted by atomic mass is 10.1. The van der Waals surface area contributed by atoms with Crippen LogP contribution in [0.2, 0.25) is 0 Å². The molecular formula is C28H33N3O5. The van der Waals surface area contributed by atoms with Gasteiger partial charge in [-0.15, -0.1) is 0 Å². The smallest absolute Gasteiger partial charge is 0.342 e. The SMILES string of the molecule is COc1cc(O)ccc1COc1ccc(CN2CCN(c3ncccc3C(=O)OC(C)C)CC2)cc1. The predicted octanol–water partition coefficient (Wildman–Crippen LogP) is 4.26. The number of carbonyl (C=O) groups is 1. The molecule has 4 rings (SSSR count). The Kier molecular flexibility index (Phi) is 8.28. The van der Waals surface area contributed by atoms with E-state index in [4.69, 9.17) is 14.2 Å². The van der Waals surface area contributed by atoms with Crippen molar-refractivity contribution in [2.45, 2.75) is 33.1 Å². The van der Waals surface area contributed by atoms with E-state index in [-0.39, 0.29) is 17.8 Å². The van der Waals surface area contributed by atoms with Crippen molar-refractivity contribution in [2.24, 2.45) is 0 Å². The number of esters is 1. The maximum absolute atomic E-state index is 12.5. The first-order valence-electron chi connectivity index (χ1n) is 12.1. The zero-order valence-corrected chi connectivity index (χ0v) is 21.0. The molecule has 1 aliphatic rings. The number of ether oxygens (including phenoxy) is 3. The summed E-state index contributed by atoms with van der Waals surface area (Å²) in [6.07, 6.45) is 1.55. The van der Waals surface area contributed by atoms with Gasteiger partial charge in [-0.25, -0.2) is 9.78 Å². The Bertz CT molecular complexity index is 1160. The highest BCUT2D eigenvalue weighted by Gasteiger charge is 2.23. The van der Waals surface area contributed by atoms with Gasteiger partial charge in [0.2, 0.25) is 0 Å². The molecule has 8 nitrogen and oxygen atoms in total. The Hall–Kier alpha value is -3.78. The topological polar surface area (TPSA) is 84.4 Å². The van der Waals surface area contributed by atoms with Gasteiger partial charge in [-0.05, 0) is 55.8 Å². The summed E-state index contributed by atoms with van der Waals surface area (Å²) >= 11 is 0. The minimum Gasteiger partial charge on any atom is -0.508 e. The van der Waals surface area contributed by atoms with Crippen molar-refractivity contribution in [1.82, 2.24) is 9.88 Å². The Labute approximate surface area is 212 Å². The van der Waals surface area contributed by atoms with Crippen LogP contribution in [0.25, 0.3) is 0 Å². The summed E-state index contributed by atoms with van der Waals surface area (Å²) in [6.45, 7) is 8.19. The van der Waals surface area contributed by atoms with E-state index in [1.807, 2.05) is 26.0 Å². The van der Waals surface area contributed by atoms with Gasteiger partial charge in [0, 0.05) is 50.6 Å². The molecule has 2 heterocycles. The van der Waals surface area contributed by atoms with E-state index in [1.54, 1.807) is 43.6 Å². The second kappa shape index (κ2) is 11.8. The van der Waals surface area contributed by atoms with Gasteiger partial charge in [0.1, 0.15) is 35.2 Å². The number of rotatable bonds is 9. The molecule has 0 radical (unpaired) electrons. The molecule has 2 aromatic carbocycles. The number of hydrogen-bond acceptors (Lipinski definition) is 8. The monoisotopic (exact) mass is 491 g/mol. The van der Waals surface area contributed by atoms with E-state index in [1.165, 1.54) is 5.56 Å². The summed E-state index contributed by atoms with van der Waals surface area (Å²) in [4.78, 5) is 21.5. The summed E-state index contributed by atoms with van der Waals surface area (Å²) in [5.41, 5.74) is 2.59. The van der Waals surface area contributed by atoms with Crippen LogP contribution in [0.5, 0.6) is 17.2 Å². The highest BCUT2D eigenvalue weighted by atomic mass is 16.5. The first-order chi connectivity index (χ1) is 17.4. The lowest BCUT2D eigenvalue weighted by Crippen LogP contribution is -2.46. The average Bonchev–Trinajstić information content (AvgIpc) is 2.89. The van der Waals surface area contributed by atoms with Crippen LogP contribution in [0.1, 0.15) is 35.3 Å². The van der Waals surface area contributed by atoms with Crippen LogP contribution in [0.15, 0.2) is 60.8 Å². The Morgan fingerprint density at radius 1 is 1.06 bits per heavy atom. The number of pyridine rings is 1. The average molecular weight is 492 g/mol. The number of benzene rings is 2. The van der Waals surface area contributed by atoms with Crippen molar-refractivity contribution in [3.8, 4) is 17.2 Å². The highest BCUT2D eigenvalue weighted by molar-refractivity contribution is 5.94. The van der Waals surface area contributed by atoms with E-state index in [0.29, 0.717) is 23.7 Å². The third-order valence-electron chi connectivity index (χ3n) is 6.02. The summed E-state index contributed by atoms with van der Waals surface area (Å²) in [7, 11) is 1.57. The largest absolute Gasteiger partial charge is 0.508 e. The van der Waals surface area contributed by atoms with Gasteiger partial charge < -0.3 is 24.2 Å². The Morgan fingerprint density at radius 3 is 2.50 bits per heavy atom. The van der Waals surface area contributed by atoms with Gasteiger partial charge in [-0.2, -0.15) is 0 Å². The molecule has 0 bridgehead atoms. The molecule has 1 aromatic heterocycles. The van der Waals surface area contributed by atoms with Crippen LogP contribution in [0.3, 0.4) is 0 Å². The van der Waals surface area contributed by atoms with Crippen molar-refractivity contribution in [3.63, 3.8) is 0 Å². The Balaban J connectivity index is 1.29. The number of anilines is 1. The van der Waals surface area contributed by atoms with Crippen LogP contribution in [0.4, 0.5) is 5.82 Å². The van der Waals surface area contributed by atoms with Gasteiger partial charge in [0.05, 0.1) is 13.2 Å². The van der Waals surface area contributed by atoms with Crippen molar-refractivity contribution >= 4 is 11.8 Å². The number of nitrogens with zero attached hydrogens (tertiary/aromatic N) is 3. The number of phenols is 1. The van der Waals surface area contributed by atoms with E-state index < -0.39 is 0 Å². The normalized spacial score (nSPS) is 14.1. The molecule has 0 amide bonds. The van der Waals surface area contributed by atoms with Gasteiger partial charge in [-0.3, -0.25) is 4.90 Å². The highest BCUT2D eigenvalue weighted by Crippen LogP contribution is 2.26. The maximum Gasteiger partial charge on any atom is 0.342 e. The minimum absolute atomic E-state index is 0.162. The molecule has 0 aliphatic carbocycles. The van der Waals surface area contributed by atoms with Gasteiger partial charge in [-0.1, -0.05) is 12.1 Å². The first-order valence-corrected chi connectivity index (χ1v) is 12.1. The minimum atomic E-state index is -0.332. The van der Waals surface area contributed by atoms with Crippen LogP contribution in [-0.2, 0) is 17.9 Å². The van der Waals surface area contributed by atoms with E-state index in [2.05, 4.69) is 26.9 Å². The summed E-state index contributed by atoms with van der Waals surface area (Å²) < 4.78 is 16.6. The number of carbonyl (C=O) groups excluding carboxylic acids is 1. The fourth-order valence-corrected chi connectivity index (χ4v) is 4.17. The number of aromatic nitrogens is 1. The molecule has 0 atom stereocenters. The number of aromatic hydroxyl groups is 1. The second-order valence-corrected chi connectivity index (χ2v) is 9.02. The molecule has 190 valence electrons. The molecule has 1 aliphatic heterocycles. The molecule has 0 saturated carbocycles. The third kappa shape index (κ3) is 6.46. The molecule has 0 spiro atoms. The maximum atomic E-state index is 12.5. The summed E-state index contributed by atoms with van der Waals surface area (Å²) in [6, 6.07) is 16.6. The van der Waals surface area contributed by atoms with Gasteiger partial charge >= 0.3 is 5.97 Å². The number of hydrogen-bond donors (Lipinski definition) is 1. The van der Waals surface area contributed by atoms with E-state index in [9.17, 15) is 9.90 Å². The first kappa shape index (κ1) is 25.3. The lowest BCUT2D eigenvalue weighted by Gasteiger charge is -2.36. The predicted molar refractivity (Wildman–Crippen MR) is 138 cm³/mol. The van der Waals surface area contributed by atoms with E-state index in [0.717, 1.165) is 44.0 Å². The number of methoxy groups -OCH3 is 1. The fourth-order valence-electron chi connectivity index (χ4n) is 4.17. The second-order valence-electron chi connectivity index (χ2n) is 9.02. The quantitative estimate of drug-likeness (QED) is 0.445. The third-order valence-corrected chi connectivity index (χ3v) is 6.02. The molecule has 1 N–H and O–H groups in total. The molecule has 1 fully saturated rings.